The maximum Gasteiger partial charge on any atom is 0.261 e. The lowest BCUT2D eigenvalue weighted by Crippen LogP contribution is -2.44. The van der Waals surface area contributed by atoms with Crippen LogP contribution >= 0.6 is 0 Å². The Bertz CT molecular complexity index is 517. The van der Waals surface area contributed by atoms with Crippen molar-refractivity contribution in [3.63, 3.8) is 0 Å². The molecule has 2 fully saturated rings. The SMILES string of the molecule is COc1cccc(O[C@H](C)C(=O)N[C@H]2C[C@@H]3CC[C@@H]2C3)c1. The minimum Gasteiger partial charge on any atom is -0.497 e. The summed E-state index contributed by atoms with van der Waals surface area (Å²) in [5.74, 6) is 2.88. The number of fused-ring (bicyclic) bond motifs is 2. The highest BCUT2D eigenvalue weighted by atomic mass is 16.5. The summed E-state index contributed by atoms with van der Waals surface area (Å²) in [4.78, 5) is 12.3. The monoisotopic (exact) mass is 289 g/mol. The van der Waals surface area contributed by atoms with E-state index >= 15 is 0 Å². The highest BCUT2D eigenvalue weighted by Crippen LogP contribution is 2.44. The smallest absolute Gasteiger partial charge is 0.261 e. The Kier molecular flexibility index (Phi) is 4.04. The zero-order valence-corrected chi connectivity index (χ0v) is 12.7. The van der Waals surface area contributed by atoms with Crippen LogP contribution in [0.5, 0.6) is 11.5 Å². The van der Waals surface area contributed by atoms with Crippen molar-refractivity contribution in [1.29, 1.82) is 0 Å². The first kappa shape index (κ1) is 14.2. The van der Waals surface area contributed by atoms with Crippen molar-refractivity contribution >= 4 is 5.91 Å². The molecular formula is C17H23NO3. The number of hydrogen-bond donors (Lipinski definition) is 1. The first-order valence-corrected chi connectivity index (χ1v) is 7.77. The molecule has 2 aliphatic carbocycles. The van der Waals surface area contributed by atoms with Gasteiger partial charge < -0.3 is 14.8 Å². The molecule has 0 aromatic heterocycles. The van der Waals surface area contributed by atoms with Gasteiger partial charge in [-0.25, -0.2) is 0 Å². The molecule has 0 aliphatic heterocycles. The molecule has 4 heteroatoms. The number of benzene rings is 1. The van der Waals surface area contributed by atoms with E-state index in [0.717, 1.165) is 18.1 Å². The molecular weight excluding hydrogens is 266 g/mol. The van der Waals surface area contributed by atoms with Gasteiger partial charge in [0.1, 0.15) is 11.5 Å². The molecule has 3 rings (SSSR count). The topological polar surface area (TPSA) is 47.6 Å². The van der Waals surface area contributed by atoms with Crippen molar-refractivity contribution in [1.82, 2.24) is 5.32 Å². The maximum absolute atomic E-state index is 12.3. The molecule has 2 bridgehead atoms. The molecule has 0 radical (unpaired) electrons. The number of carbonyl (C=O) groups is 1. The van der Waals surface area contributed by atoms with Gasteiger partial charge in [-0.2, -0.15) is 0 Å². The minimum atomic E-state index is -0.490. The largest absolute Gasteiger partial charge is 0.497 e. The quantitative estimate of drug-likeness (QED) is 0.906. The zero-order valence-electron chi connectivity index (χ0n) is 12.7. The minimum absolute atomic E-state index is 0.0182. The van der Waals surface area contributed by atoms with Crippen LogP contribution in [-0.4, -0.2) is 25.2 Å². The van der Waals surface area contributed by atoms with Crippen LogP contribution < -0.4 is 14.8 Å². The number of carbonyl (C=O) groups excluding carboxylic acids is 1. The Labute approximate surface area is 125 Å². The van der Waals surface area contributed by atoms with E-state index in [1.165, 1.54) is 19.3 Å². The molecule has 114 valence electrons. The van der Waals surface area contributed by atoms with E-state index in [9.17, 15) is 4.79 Å². The van der Waals surface area contributed by atoms with E-state index in [1.807, 2.05) is 18.2 Å². The predicted octanol–water partition coefficient (Wildman–Crippen LogP) is 2.77. The average Bonchev–Trinajstić information content (AvgIpc) is 3.10. The summed E-state index contributed by atoms with van der Waals surface area (Å²) in [6, 6.07) is 7.69. The highest BCUT2D eigenvalue weighted by Gasteiger charge is 2.40. The number of ether oxygens (including phenoxy) is 2. The summed E-state index contributed by atoms with van der Waals surface area (Å²) in [5, 5.41) is 3.16. The Balaban J connectivity index is 1.54. The predicted molar refractivity (Wildman–Crippen MR) is 80.5 cm³/mol. The van der Waals surface area contributed by atoms with Gasteiger partial charge in [-0.15, -0.1) is 0 Å². The number of rotatable bonds is 5. The summed E-state index contributed by atoms with van der Waals surface area (Å²) >= 11 is 0. The van der Waals surface area contributed by atoms with Crippen LogP contribution in [0.3, 0.4) is 0 Å². The van der Waals surface area contributed by atoms with Gasteiger partial charge in [-0.05, 0) is 50.2 Å². The Hall–Kier alpha value is -1.71. The van der Waals surface area contributed by atoms with Crippen molar-refractivity contribution in [3.05, 3.63) is 24.3 Å². The fourth-order valence-corrected chi connectivity index (χ4v) is 3.65. The van der Waals surface area contributed by atoms with Crippen molar-refractivity contribution in [3.8, 4) is 11.5 Å². The summed E-state index contributed by atoms with van der Waals surface area (Å²) < 4.78 is 10.9. The second-order valence-corrected chi connectivity index (χ2v) is 6.23. The third-order valence-electron chi connectivity index (χ3n) is 4.79. The van der Waals surface area contributed by atoms with Gasteiger partial charge in [-0.1, -0.05) is 12.5 Å². The molecule has 2 aliphatic rings. The van der Waals surface area contributed by atoms with Crippen molar-refractivity contribution < 1.29 is 14.3 Å². The van der Waals surface area contributed by atoms with Crippen molar-refractivity contribution in [2.24, 2.45) is 11.8 Å². The molecule has 1 aromatic rings. The summed E-state index contributed by atoms with van der Waals surface area (Å²) in [5.41, 5.74) is 0. The van der Waals surface area contributed by atoms with Crippen LogP contribution in [-0.2, 0) is 4.79 Å². The van der Waals surface area contributed by atoms with E-state index in [1.54, 1.807) is 20.1 Å². The van der Waals surface area contributed by atoms with E-state index in [4.69, 9.17) is 9.47 Å². The molecule has 0 saturated heterocycles. The summed E-state index contributed by atoms with van der Waals surface area (Å²) in [6.45, 7) is 1.79. The van der Waals surface area contributed by atoms with Crippen LogP contribution in [0.1, 0.15) is 32.6 Å². The normalized spacial score (nSPS) is 28.2. The van der Waals surface area contributed by atoms with Gasteiger partial charge in [0.2, 0.25) is 0 Å². The van der Waals surface area contributed by atoms with Crippen molar-refractivity contribution in [2.45, 2.75) is 44.8 Å². The van der Waals surface area contributed by atoms with Gasteiger partial charge in [-0.3, -0.25) is 4.79 Å². The van der Waals surface area contributed by atoms with Crippen LogP contribution in [0.4, 0.5) is 0 Å². The Morgan fingerprint density at radius 3 is 2.76 bits per heavy atom. The molecule has 0 unspecified atom stereocenters. The molecule has 21 heavy (non-hydrogen) atoms. The van der Waals surface area contributed by atoms with Gasteiger partial charge >= 0.3 is 0 Å². The van der Waals surface area contributed by atoms with Gasteiger partial charge in [0.25, 0.3) is 5.91 Å². The molecule has 1 aromatic carbocycles. The van der Waals surface area contributed by atoms with Gasteiger partial charge in [0, 0.05) is 12.1 Å². The molecule has 2 saturated carbocycles. The second-order valence-electron chi connectivity index (χ2n) is 6.23. The van der Waals surface area contributed by atoms with E-state index < -0.39 is 6.10 Å². The fourth-order valence-electron chi connectivity index (χ4n) is 3.65. The third-order valence-corrected chi connectivity index (χ3v) is 4.79. The maximum atomic E-state index is 12.3. The van der Waals surface area contributed by atoms with Gasteiger partial charge in [0.15, 0.2) is 6.10 Å². The number of hydrogen-bond acceptors (Lipinski definition) is 3. The lowest BCUT2D eigenvalue weighted by molar-refractivity contribution is -0.128. The van der Waals surface area contributed by atoms with Gasteiger partial charge in [0.05, 0.1) is 7.11 Å². The lowest BCUT2D eigenvalue weighted by atomic mass is 9.95. The molecule has 4 nitrogen and oxygen atoms in total. The van der Waals surface area contributed by atoms with Crippen LogP contribution in [0.25, 0.3) is 0 Å². The molecule has 4 atom stereocenters. The Morgan fingerprint density at radius 2 is 2.10 bits per heavy atom. The van der Waals surface area contributed by atoms with E-state index in [-0.39, 0.29) is 5.91 Å². The lowest BCUT2D eigenvalue weighted by Gasteiger charge is -2.24. The van der Waals surface area contributed by atoms with Crippen LogP contribution in [0.15, 0.2) is 24.3 Å². The first-order valence-electron chi connectivity index (χ1n) is 7.77. The fraction of sp³-hybridized carbons (Fsp3) is 0.588. The second kappa shape index (κ2) is 5.96. The third kappa shape index (κ3) is 3.14. The van der Waals surface area contributed by atoms with Crippen LogP contribution in [0.2, 0.25) is 0 Å². The standard InChI is InChI=1S/C17H23NO3/c1-11(21-15-5-3-4-14(10-15)20-2)17(19)18-16-9-12-6-7-13(16)8-12/h3-5,10-13,16H,6-9H2,1-2H3,(H,18,19)/t11-,12-,13-,16+/m1/s1. The summed E-state index contributed by atoms with van der Waals surface area (Å²) in [6.07, 6.45) is 4.54. The summed E-state index contributed by atoms with van der Waals surface area (Å²) in [7, 11) is 1.62. The van der Waals surface area contributed by atoms with E-state index in [0.29, 0.717) is 17.7 Å². The first-order chi connectivity index (χ1) is 10.2. The van der Waals surface area contributed by atoms with Crippen LogP contribution in [0, 0.1) is 11.8 Å². The Morgan fingerprint density at radius 1 is 1.29 bits per heavy atom. The number of methoxy groups -OCH3 is 1. The van der Waals surface area contributed by atoms with Crippen molar-refractivity contribution in [2.75, 3.05) is 7.11 Å². The molecule has 0 spiro atoms. The highest BCUT2D eigenvalue weighted by molar-refractivity contribution is 5.81. The zero-order chi connectivity index (χ0) is 14.8. The molecule has 1 amide bonds. The average molecular weight is 289 g/mol. The van der Waals surface area contributed by atoms with E-state index in [2.05, 4.69) is 5.32 Å². The molecule has 1 N–H and O–H groups in total. The number of nitrogens with one attached hydrogen (secondary N) is 1. The number of amides is 1. The molecule has 0 heterocycles.